The second-order valence-electron chi connectivity index (χ2n) is 4.23. The number of benzene rings is 1. The van der Waals surface area contributed by atoms with Gasteiger partial charge in [-0.15, -0.1) is 11.3 Å². The Balaban J connectivity index is 1.72. The van der Waals surface area contributed by atoms with Crippen LogP contribution in [0.3, 0.4) is 0 Å². The molecule has 3 rings (SSSR count). The first-order valence-corrected chi connectivity index (χ1v) is 7.13. The molecule has 0 atom stereocenters. The summed E-state index contributed by atoms with van der Waals surface area (Å²) >= 11 is 1.41. The molecular weight excluding hydrogens is 288 g/mol. The van der Waals surface area contributed by atoms with E-state index in [1.165, 1.54) is 11.3 Å². The average Bonchev–Trinajstić information content (AvgIpc) is 3.13. The second-order valence-corrected chi connectivity index (χ2v) is 5.14. The molecule has 1 aliphatic rings. The van der Waals surface area contributed by atoms with E-state index in [0.29, 0.717) is 29.3 Å². The van der Waals surface area contributed by atoms with E-state index in [1.807, 2.05) is 0 Å². The van der Waals surface area contributed by atoms with Crippen LogP contribution < -0.4 is 20.5 Å². The summed E-state index contributed by atoms with van der Waals surface area (Å²) in [5.74, 6) is 6.79. The van der Waals surface area contributed by atoms with Crippen molar-refractivity contribution < 1.29 is 14.3 Å². The van der Waals surface area contributed by atoms with E-state index in [1.54, 1.807) is 29.6 Å². The Labute approximate surface area is 125 Å². The van der Waals surface area contributed by atoms with Crippen LogP contribution in [0.25, 0.3) is 0 Å². The molecule has 1 aliphatic heterocycles. The number of anilines is 1. The van der Waals surface area contributed by atoms with Gasteiger partial charge in [-0.05, 0) is 18.2 Å². The normalized spacial score (nSPS) is 11.7. The SMILES string of the molecule is NCC#Cc1cc(C(=O)Nc2ccc3c(c2)OCO3)cs1. The average molecular weight is 300 g/mol. The van der Waals surface area contributed by atoms with Crippen LogP contribution in [0.1, 0.15) is 15.2 Å². The van der Waals surface area contributed by atoms with Gasteiger partial charge in [0.25, 0.3) is 5.91 Å². The number of hydrogen-bond donors (Lipinski definition) is 2. The van der Waals surface area contributed by atoms with E-state index in [4.69, 9.17) is 15.2 Å². The van der Waals surface area contributed by atoms with E-state index >= 15 is 0 Å². The van der Waals surface area contributed by atoms with Gasteiger partial charge in [0.15, 0.2) is 11.5 Å². The van der Waals surface area contributed by atoms with Gasteiger partial charge in [-0.25, -0.2) is 0 Å². The smallest absolute Gasteiger partial charge is 0.256 e. The van der Waals surface area contributed by atoms with Crippen LogP contribution in [0.15, 0.2) is 29.6 Å². The molecule has 1 aromatic heterocycles. The highest BCUT2D eigenvalue weighted by molar-refractivity contribution is 7.10. The molecule has 0 saturated heterocycles. The highest BCUT2D eigenvalue weighted by Crippen LogP contribution is 2.34. The summed E-state index contributed by atoms with van der Waals surface area (Å²) in [7, 11) is 0. The van der Waals surface area contributed by atoms with Crippen LogP contribution in [0.2, 0.25) is 0 Å². The van der Waals surface area contributed by atoms with Crippen molar-refractivity contribution in [2.24, 2.45) is 5.73 Å². The summed E-state index contributed by atoms with van der Waals surface area (Å²) in [4.78, 5) is 13.0. The zero-order chi connectivity index (χ0) is 14.7. The number of carbonyl (C=O) groups is 1. The van der Waals surface area contributed by atoms with Crippen molar-refractivity contribution in [1.82, 2.24) is 0 Å². The lowest BCUT2D eigenvalue weighted by molar-refractivity contribution is 0.102. The summed E-state index contributed by atoms with van der Waals surface area (Å²) in [6.07, 6.45) is 0. The first-order chi connectivity index (χ1) is 10.3. The molecule has 0 radical (unpaired) electrons. The fourth-order valence-corrected chi connectivity index (χ4v) is 2.59. The molecule has 3 N–H and O–H groups in total. The molecule has 21 heavy (non-hydrogen) atoms. The molecule has 5 nitrogen and oxygen atoms in total. The number of hydrogen-bond acceptors (Lipinski definition) is 5. The molecule has 1 amide bonds. The Hall–Kier alpha value is -2.49. The van der Waals surface area contributed by atoms with Crippen LogP contribution in [0.4, 0.5) is 5.69 Å². The van der Waals surface area contributed by atoms with E-state index in [2.05, 4.69) is 17.2 Å². The quantitative estimate of drug-likeness (QED) is 0.832. The maximum Gasteiger partial charge on any atom is 0.256 e. The summed E-state index contributed by atoms with van der Waals surface area (Å²) in [6.45, 7) is 0.511. The molecule has 0 spiro atoms. The Morgan fingerprint density at radius 2 is 2.19 bits per heavy atom. The number of thiophene rings is 1. The number of fused-ring (bicyclic) bond motifs is 1. The Morgan fingerprint density at radius 1 is 1.33 bits per heavy atom. The molecule has 6 heteroatoms. The zero-order valence-electron chi connectivity index (χ0n) is 11.0. The van der Waals surface area contributed by atoms with Gasteiger partial charge < -0.3 is 20.5 Å². The van der Waals surface area contributed by atoms with Crippen molar-refractivity contribution in [1.29, 1.82) is 0 Å². The van der Waals surface area contributed by atoms with Gasteiger partial charge in [-0.1, -0.05) is 11.8 Å². The molecule has 2 heterocycles. The van der Waals surface area contributed by atoms with Gasteiger partial charge in [0, 0.05) is 17.1 Å². The van der Waals surface area contributed by atoms with Gasteiger partial charge >= 0.3 is 0 Å². The van der Waals surface area contributed by atoms with Crippen LogP contribution in [-0.4, -0.2) is 19.2 Å². The minimum absolute atomic E-state index is 0.189. The molecule has 0 aliphatic carbocycles. The first-order valence-electron chi connectivity index (χ1n) is 6.25. The lowest BCUT2D eigenvalue weighted by Gasteiger charge is -2.04. The Morgan fingerprint density at radius 3 is 3.05 bits per heavy atom. The maximum absolute atomic E-state index is 12.2. The third-order valence-electron chi connectivity index (χ3n) is 2.81. The molecule has 0 unspecified atom stereocenters. The van der Waals surface area contributed by atoms with Gasteiger partial charge in [-0.3, -0.25) is 4.79 Å². The van der Waals surface area contributed by atoms with Crippen LogP contribution >= 0.6 is 11.3 Å². The lowest BCUT2D eigenvalue weighted by Crippen LogP contribution is -2.10. The van der Waals surface area contributed by atoms with Crippen LogP contribution in [0.5, 0.6) is 11.5 Å². The minimum atomic E-state index is -0.189. The number of amides is 1. The highest BCUT2D eigenvalue weighted by Gasteiger charge is 2.15. The van der Waals surface area contributed by atoms with E-state index < -0.39 is 0 Å². The number of carbonyl (C=O) groups excluding carboxylic acids is 1. The van der Waals surface area contributed by atoms with Crippen molar-refractivity contribution in [2.75, 3.05) is 18.7 Å². The fourth-order valence-electron chi connectivity index (χ4n) is 1.84. The molecule has 106 valence electrons. The van der Waals surface area contributed by atoms with Gasteiger partial charge in [0.1, 0.15) is 0 Å². The van der Waals surface area contributed by atoms with E-state index in [9.17, 15) is 4.79 Å². The largest absolute Gasteiger partial charge is 0.454 e. The predicted molar refractivity (Wildman–Crippen MR) is 80.8 cm³/mol. The maximum atomic E-state index is 12.2. The summed E-state index contributed by atoms with van der Waals surface area (Å²) in [5.41, 5.74) is 6.55. The lowest BCUT2D eigenvalue weighted by atomic mass is 10.2. The first kappa shape index (κ1) is 13.5. The number of ether oxygens (including phenoxy) is 2. The Kier molecular flexibility index (Phi) is 3.77. The molecule has 0 bridgehead atoms. The third-order valence-corrected chi connectivity index (χ3v) is 3.65. The standard InChI is InChI=1S/C15H12N2O3S/c16-5-1-2-12-6-10(8-21-12)15(18)17-11-3-4-13-14(7-11)20-9-19-13/h3-4,6-8H,5,9,16H2,(H,17,18). The van der Waals surface area contributed by atoms with Crippen molar-refractivity contribution in [3.8, 4) is 23.3 Å². The fraction of sp³-hybridized carbons (Fsp3) is 0.133. The van der Waals surface area contributed by atoms with Crippen molar-refractivity contribution >= 4 is 22.9 Å². The van der Waals surface area contributed by atoms with Gasteiger partial charge in [0.2, 0.25) is 6.79 Å². The van der Waals surface area contributed by atoms with Crippen LogP contribution in [-0.2, 0) is 0 Å². The summed E-state index contributed by atoms with van der Waals surface area (Å²) in [5, 5.41) is 4.58. The van der Waals surface area contributed by atoms with E-state index in [0.717, 1.165) is 4.88 Å². The number of rotatable bonds is 2. The second kappa shape index (κ2) is 5.87. The topological polar surface area (TPSA) is 73.6 Å². The molecule has 1 aromatic carbocycles. The monoisotopic (exact) mass is 300 g/mol. The van der Waals surface area contributed by atoms with Crippen molar-refractivity contribution in [3.05, 3.63) is 40.1 Å². The molecule has 0 saturated carbocycles. The van der Waals surface area contributed by atoms with Gasteiger partial charge in [-0.2, -0.15) is 0 Å². The molecular formula is C15H12N2O3S. The van der Waals surface area contributed by atoms with E-state index in [-0.39, 0.29) is 12.7 Å². The number of nitrogens with two attached hydrogens (primary N) is 1. The highest BCUT2D eigenvalue weighted by atomic mass is 32.1. The van der Waals surface area contributed by atoms with Crippen molar-refractivity contribution in [2.45, 2.75) is 0 Å². The van der Waals surface area contributed by atoms with Gasteiger partial charge in [0.05, 0.1) is 17.0 Å². The summed E-state index contributed by atoms with van der Waals surface area (Å²) in [6, 6.07) is 7.02. The van der Waals surface area contributed by atoms with Crippen molar-refractivity contribution in [3.63, 3.8) is 0 Å². The molecule has 2 aromatic rings. The van der Waals surface area contributed by atoms with Crippen LogP contribution in [0, 0.1) is 11.8 Å². The summed E-state index contributed by atoms with van der Waals surface area (Å²) < 4.78 is 10.5. The zero-order valence-corrected chi connectivity index (χ0v) is 11.8. The third kappa shape index (κ3) is 2.99. The number of nitrogens with one attached hydrogen (secondary N) is 1. The predicted octanol–water partition coefficient (Wildman–Crippen LogP) is 2.04. The minimum Gasteiger partial charge on any atom is -0.454 e. The Bertz CT molecular complexity index is 743. The molecule has 0 fully saturated rings.